The molecule has 1 saturated heterocycles. The van der Waals surface area contributed by atoms with E-state index in [4.69, 9.17) is 10.00 Å². The Hall–Kier alpha value is -2.06. The highest BCUT2D eigenvalue weighted by Crippen LogP contribution is 2.19. The van der Waals surface area contributed by atoms with Gasteiger partial charge in [0.25, 0.3) is 5.91 Å². The van der Waals surface area contributed by atoms with Crippen LogP contribution in [0.1, 0.15) is 17.5 Å². The molecule has 0 atom stereocenters. The molecule has 0 aliphatic carbocycles. The molecule has 1 N–H and O–H groups in total. The van der Waals surface area contributed by atoms with E-state index in [0.717, 1.165) is 38.2 Å². The molecule has 1 amide bonds. The monoisotopic (exact) mass is 273 g/mol. The summed E-state index contributed by atoms with van der Waals surface area (Å²) in [5.74, 6) is 0.598. The topological polar surface area (TPSA) is 65.4 Å². The SMILES string of the molecule is Cc1ccc(C#N)cc1OCC(=O)N1CCCNCC1. The fourth-order valence-corrected chi connectivity index (χ4v) is 2.15. The van der Waals surface area contributed by atoms with Crippen LogP contribution in [0.15, 0.2) is 18.2 Å². The summed E-state index contributed by atoms with van der Waals surface area (Å²) in [6.45, 7) is 5.20. The number of rotatable bonds is 3. The van der Waals surface area contributed by atoms with E-state index in [-0.39, 0.29) is 12.5 Å². The normalized spacial score (nSPS) is 15.3. The molecule has 0 spiro atoms. The molecule has 2 rings (SSSR count). The third-order valence-corrected chi connectivity index (χ3v) is 3.36. The van der Waals surface area contributed by atoms with Crippen molar-refractivity contribution in [1.29, 1.82) is 5.26 Å². The Balaban J connectivity index is 1.94. The first-order valence-electron chi connectivity index (χ1n) is 6.83. The molecule has 1 aliphatic heterocycles. The van der Waals surface area contributed by atoms with E-state index in [0.29, 0.717) is 11.3 Å². The van der Waals surface area contributed by atoms with Crippen LogP contribution in [0, 0.1) is 18.3 Å². The zero-order valence-corrected chi connectivity index (χ0v) is 11.7. The smallest absolute Gasteiger partial charge is 0.260 e. The summed E-state index contributed by atoms with van der Waals surface area (Å²) in [6, 6.07) is 7.31. The molecule has 1 aromatic rings. The molecule has 1 aliphatic rings. The zero-order chi connectivity index (χ0) is 14.4. The molecular formula is C15H19N3O2. The minimum Gasteiger partial charge on any atom is -0.483 e. The van der Waals surface area contributed by atoms with Crippen LogP contribution in [0.3, 0.4) is 0 Å². The molecule has 1 aromatic carbocycles. The summed E-state index contributed by atoms with van der Waals surface area (Å²) in [4.78, 5) is 13.9. The van der Waals surface area contributed by atoms with Crippen molar-refractivity contribution in [2.45, 2.75) is 13.3 Å². The molecule has 1 fully saturated rings. The lowest BCUT2D eigenvalue weighted by molar-refractivity contribution is -0.133. The van der Waals surface area contributed by atoms with Crippen molar-refractivity contribution in [3.05, 3.63) is 29.3 Å². The van der Waals surface area contributed by atoms with Crippen LogP contribution in [0.2, 0.25) is 0 Å². The molecule has 0 bridgehead atoms. The van der Waals surface area contributed by atoms with Gasteiger partial charge in [-0.2, -0.15) is 5.26 Å². The first-order chi connectivity index (χ1) is 9.70. The first kappa shape index (κ1) is 14.4. The van der Waals surface area contributed by atoms with Gasteiger partial charge in [-0.05, 0) is 37.6 Å². The van der Waals surface area contributed by atoms with Crippen molar-refractivity contribution in [1.82, 2.24) is 10.2 Å². The van der Waals surface area contributed by atoms with Gasteiger partial charge in [0.1, 0.15) is 5.75 Å². The van der Waals surface area contributed by atoms with Crippen LogP contribution >= 0.6 is 0 Å². The van der Waals surface area contributed by atoms with Crippen LogP contribution in [0.25, 0.3) is 0 Å². The van der Waals surface area contributed by atoms with Crippen molar-refractivity contribution in [3.63, 3.8) is 0 Å². The number of hydrogen-bond donors (Lipinski definition) is 1. The number of ether oxygens (including phenoxy) is 1. The second-order valence-electron chi connectivity index (χ2n) is 4.87. The number of amides is 1. The standard InChI is InChI=1S/C15H19N3O2/c1-12-3-4-13(10-16)9-14(12)20-11-15(19)18-7-2-5-17-6-8-18/h3-4,9,17H,2,5-8,11H2,1H3. The highest BCUT2D eigenvalue weighted by molar-refractivity contribution is 5.77. The molecule has 5 heteroatoms. The third kappa shape index (κ3) is 3.72. The average Bonchev–Trinajstić information content (AvgIpc) is 2.75. The zero-order valence-electron chi connectivity index (χ0n) is 11.7. The third-order valence-electron chi connectivity index (χ3n) is 3.36. The average molecular weight is 273 g/mol. The van der Waals surface area contributed by atoms with Gasteiger partial charge in [-0.15, -0.1) is 0 Å². The molecule has 106 valence electrons. The summed E-state index contributed by atoms with van der Waals surface area (Å²) in [7, 11) is 0. The molecule has 1 heterocycles. The Bertz CT molecular complexity index is 514. The predicted octanol–water partition coefficient (Wildman–Crippen LogP) is 1.07. The van der Waals surface area contributed by atoms with E-state index in [1.807, 2.05) is 17.9 Å². The van der Waals surface area contributed by atoms with Gasteiger partial charge in [-0.25, -0.2) is 0 Å². The highest BCUT2D eigenvalue weighted by atomic mass is 16.5. The largest absolute Gasteiger partial charge is 0.483 e. The minimum atomic E-state index is -0.00420. The fraction of sp³-hybridized carbons (Fsp3) is 0.467. The Kier molecular flexibility index (Phi) is 4.97. The quantitative estimate of drug-likeness (QED) is 0.894. The van der Waals surface area contributed by atoms with Crippen LogP contribution in [-0.2, 0) is 4.79 Å². The summed E-state index contributed by atoms with van der Waals surface area (Å²) < 4.78 is 5.57. The number of aryl methyl sites for hydroxylation is 1. The van der Waals surface area contributed by atoms with Gasteiger partial charge >= 0.3 is 0 Å². The number of nitrogens with one attached hydrogen (secondary N) is 1. The molecule has 20 heavy (non-hydrogen) atoms. The summed E-state index contributed by atoms with van der Waals surface area (Å²) >= 11 is 0. The highest BCUT2D eigenvalue weighted by Gasteiger charge is 2.16. The molecule has 0 aromatic heterocycles. The van der Waals surface area contributed by atoms with Crippen LogP contribution in [-0.4, -0.2) is 43.6 Å². The van der Waals surface area contributed by atoms with E-state index in [1.165, 1.54) is 0 Å². The van der Waals surface area contributed by atoms with E-state index in [9.17, 15) is 4.79 Å². The summed E-state index contributed by atoms with van der Waals surface area (Å²) in [6.07, 6.45) is 0.967. The maximum absolute atomic E-state index is 12.1. The lowest BCUT2D eigenvalue weighted by atomic mass is 10.1. The number of benzene rings is 1. The number of nitriles is 1. The van der Waals surface area contributed by atoms with Crippen molar-refractivity contribution >= 4 is 5.91 Å². The maximum atomic E-state index is 12.1. The van der Waals surface area contributed by atoms with Crippen molar-refractivity contribution in [2.24, 2.45) is 0 Å². The number of carbonyl (C=O) groups is 1. The first-order valence-corrected chi connectivity index (χ1v) is 6.83. The molecule has 5 nitrogen and oxygen atoms in total. The maximum Gasteiger partial charge on any atom is 0.260 e. The molecule has 0 saturated carbocycles. The number of nitrogens with zero attached hydrogens (tertiary/aromatic N) is 2. The molecule has 0 unspecified atom stereocenters. The van der Waals surface area contributed by atoms with Crippen molar-refractivity contribution < 1.29 is 9.53 Å². The van der Waals surface area contributed by atoms with Gasteiger partial charge in [0.2, 0.25) is 0 Å². The lowest BCUT2D eigenvalue weighted by Crippen LogP contribution is -2.37. The predicted molar refractivity (Wildman–Crippen MR) is 75.5 cm³/mol. The Morgan fingerprint density at radius 3 is 3.10 bits per heavy atom. The van der Waals surface area contributed by atoms with Gasteiger partial charge in [0.05, 0.1) is 11.6 Å². The van der Waals surface area contributed by atoms with Gasteiger partial charge < -0.3 is 15.0 Å². The van der Waals surface area contributed by atoms with E-state index in [1.54, 1.807) is 12.1 Å². The van der Waals surface area contributed by atoms with Gasteiger partial charge in [-0.3, -0.25) is 4.79 Å². The van der Waals surface area contributed by atoms with E-state index >= 15 is 0 Å². The van der Waals surface area contributed by atoms with Crippen LogP contribution in [0.4, 0.5) is 0 Å². The summed E-state index contributed by atoms with van der Waals surface area (Å²) in [5, 5.41) is 12.1. The summed E-state index contributed by atoms with van der Waals surface area (Å²) in [5.41, 5.74) is 1.46. The van der Waals surface area contributed by atoms with E-state index in [2.05, 4.69) is 11.4 Å². The van der Waals surface area contributed by atoms with Crippen molar-refractivity contribution in [3.8, 4) is 11.8 Å². The second-order valence-corrected chi connectivity index (χ2v) is 4.87. The Labute approximate surface area is 119 Å². The fourth-order valence-electron chi connectivity index (χ4n) is 2.15. The molecule has 0 radical (unpaired) electrons. The van der Waals surface area contributed by atoms with Crippen LogP contribution < -0.4 is 10.1 Å². The second kappa shape index (κ2) is 6.92. The Morgan fingerprint density at radius 2 is 2.30 bits per heavy atom. The van der Waals surface area contributed by atoms with E-state index < -0.39 is 0 Å². The number of hydrogen-bond acceptors (Lipinski definition) is 4. The van der Waals surface area contributed by atoms with Crippen molar-refractivity contribution in [2.75, 3.05) is 32.8 Å². The minimum absolute atomic E-state index is 0.00420. The molecular weight excluding hydrogens is 254 g/mol. The Morgan fingerprint density at radius 1 is 1.45 bits per heavy atom. The van der Waals surface area contributed by atoms with Gasteiger partial charge in [0, 0.05) is 19.6 Å². The lowest BCUT2D eigenvalue weighted by Gasteiger charge is -2.20. The van der Waals surface area contributed by atoms with Gasteiger partial charge in [-0.1, -0.05) is 6.07 Å². The number of carbonyl (C=O) groups excluding carboxylic acids is 1. The van der Waals surface area contributed by atoms with Gasteiger partial charge in [0.15, 0.2) is 6.61 Å². The van der Waals surface area contributed by atoms with Crippen LogP contribution in [0.5, 0.6) is 5.75 Å².